The Morgan fingerprint density at radius 1 is 1.27 bits per heavy atom. The summed E-state index contributed by atoms with van der Waals surface area (Å²) in [6, 6.07) is 7.99. The highest BCUT2D eigenvalue weighted by molar-refractivity contribution is 7.16. The van der Waals surface area contributed by atoms with E-state index in [4.69, 9.17) is 0 Å². The summed E-state index contributed by atoms with van der Waals surface area (Å²) in [6.45, 7) is 7.84. The van der Waals surface area contributed by atoms with Crippen molar-refractivity contribution in [1.29, 1.82) is 0 Å². The van der Waals surface area contributed by atoms with E-state index >= 15 is 0 Å². The number of amides is 1. The van der Waals surface area contributed by atoms with Gasteiger partial charge in [0.05, 0.1) is 16.6 Å². The van der Waals surface area contributed by atoms with Crippen molar-refractivity contribution in [2.24, 2.45) is 4.99 Å². The number of carbonyl (C=O) groups excluding carboxylic acids is 1. The maximum absolute atomic E-state index is 14.2. The molecule has 0 unspecified atom stereocenters. The Balaban J connectivity index is 2.07. The molecule has 1 amide bonds. The molecule has 134 valence electrons. The van der Waals surface area contributed by atoms with Gasteiger partial charge in [0.2, 0.25) is 0 Å². The van der Waals surface area contributed by atoms with E-state index < -0.39 is 11.6 Å². The Hall–Kier alpha value is -2.60. The predicted octanol–water partition coefficient (Wildman–Crippen LogP) is 4.45. The van der Waals surface area contributed by atoms with E-state index in [0.717, 1.165) is 34.1 Å². The Morgan fingerprint density at radius 3 is 2.77 bits per heavy atom. The number of aromatic nitrogens is 1. The smallest absolute Gasteiger partial charge is 0.252 e. The monoisotopic (exact) mass is 372 g/mol. The number of carbonyl (C=O) groups is 1. The zero-order chi connectivity index (χ0) is 18.8. The second-order valence-electron chi connectivity index (χ2n) is 6.13. The highest BCUT2D eigenvalue weighted by atomic mass is 32.1. The fourth-order valence-corrected chi connectivity index (χ4v) is 3.91. The quantitative estimate of drug-likeness (QED) is 0.623. The van der Waals surface area contributed by atoms with Crippen LogP contribution in [0.1, 0.15) is 16.7 Å². The molecule has 0 saturated heterocycles. The van der Waals surface area contributed by atoms with Crippen LogP contribution in [-0.4, -0.2) is 10.5 Å². The molecule has 26 heavy (non-hydrogen) atoms. The highest BCUT2D eigenvalue weighted by Crippen LogP contribution is 2.22. The Bertz CT molecular complexity index is 1080. The molecule has 6 heteroatoms. The van der Waals surface area contributed by atoms with Gasteiger partial charge in [0.1, 0.15) is 5.82 Å². The normalized spacial score (nSPS) is 11.9. The Morgan fingerprint density at radius 2 is 2.04 bits per heavy atom. The van der Waals surface area contributed by atoms with Gasteiger partial charge in [0, 0.05) is 12.6 Å². The first-order valence-corrected chi connectivity index (χ1v) is 8.93. The summed E-state index contributed by atoms with van der Waals surface area (Å²) < 4.78 is 29.7. The molecule has 0 fully saturated rings. The molecule has 0 saturated carbocycles. The lowest BCUT2D eigenvalue weighted by molar-refractivity contribution is -0.117. The first kappa shape index (κ1) is 18.2. The summed E-state index contributed by atoms with van der Waals surface area (Å²) in [7, 11) is 0. The van der Waals surface area contributed by atoms with Crippen LogP contribution >= 0.6 is 11.3 Å². The van der Waals surface area contributed by atoms with Crippen LogP contribution in [-0.2, 0) is 17.8 Å². The topological polar surface area (TPSA) is 34.4 Å². The molecule has 0 radical (unpaired) electrons. The Labute approximate surface area is 153 Å². The largest absolute Gasteiger partial charge is 0.310 e. The van der Waals surface area contributed by atoms with Gasteiger partial charge in [-0.15, -0.1) is 6.58 Å². The van der Waals surface area contributed by atoms with E-state index in [1.165, 1.54) is 6.07 Å². The van der Waals surface area contributed by atoms with E-state index in [1.807, 2.05) is 32.0 Å². The third-order valence-electron chi connectivity index (χ3n) is 4.07. The first-order chi connectivity index (χ1) is 12.4. The van der Waals surface area contributed by atoms with Crippen molar-refractivity contribution in [2.45, 2.75) is 26.8 Å². The molecule has 1 heterocycles. The molecule has 1 aromatic heterocycles. The lowest BCUT2D eigenvalue weighted by Crippen LogP contribution is -2.17. The number of hydrogen-bond acceptors (Lipinski definition) is 2. The molecule has 0 aliphatic carbocycles. The van der Waals surface area contributed by atoms with Crippen LogP contribution in [0.5, 0.6) is 0 Å². The van der Waals surface area contributed by atoms with Crippen molar-refractivity contribution in [3.63, 3.8) is 0 Å². The van der Waals surface area contributed by atoms with E-state index in [2.05, 4.69) is 11.6 Å². The molecule has 0 aliphatic heterocycles. The highest BCUT2D eigenvalue weighted by Gasteiger charge is 2.13. The minimum absolute atomic E-state index is 0.159. The van der Waals surface area contributed by atoms with Crippen molar-refractivity contribution in [1.82, 2.24) is 4.57 Å². The van der Waals surface area contributed by atoms with Crippen molar-refractivity contribution < 1.29 is 13.6 Å². The fraction of sp³-hybridized carbons (Fsp3) is 0.200. The number of aryl methyl sites for hydroxylation is 2. The molecule has 0 spiro atoms. The van der Waals surface area contributed by atoms with Crippen LogP contribution in [0.25, 0.3) is 10.2 Å². The minimum atomic E-state index is -0.679. The first-order valence-electron chi connectivity index (χ1n) is 8.12. The van der Waals surface area contributed by atoms with E-state index in [-0.39, 0.29) is 24.4 Å². The number of nitrogens with zero attached hydrogens (tertiary/aromatic N) is 2. The predicted molar refractivity (Wildman–Crippen MR) is 100 cm³/mol. The summed E-state index contributed by atoms with van der Waals surface area (Å²) in [6.07, 6.45) is 1.75. The van der Waals surface area contributed by atoms with Crippen molar-refractivity contribution in [3.05, 3.63) is 76.1 Å². The number of rotatable bonds is 4. The van der Waals surface area contributed by atoms with Crippen LogP contribution < -0.4 is 4.80 Å². The van der Waals surface area contributed by atoms with Crippen LogP contribution in [0.15, 0.2) is 48.0 Å². The number of benzene rings is 2. The number of hydrogen-bond donors (Lipinski definition) is 0. The summed E-state index contributed by atoms with van der Waals surface area (Å²) in [5.74, 6) is -1.67. The standard InChI is InChI=1S/C20H18F2N2OS/c1-4-7-24-19-16(22)10-15(21)11-17(19)26-20(24)23-18(25)9-14-8-12(2)5-6-13(14)3/h4-6,8,10-11H,1,7,9H2,2-3H3. The van der Waals surface area contributed by atoms with Crippen molar-refractivity contribution >= 4 is 27.5 Å². The van der Waals surface area contributed by atoms with E-state index in [1.54, 1.807) is 10.6 Å². The van der Waals surface area contributed by atoms with Gasteiger partial charge in [-0.3, -0.25) is 4.79 Å². The zero-order valence-corrected chi connectivity index (χ0v) is 15.4. The molecular weight excluding hydrogens is 354 g/mol. The number of fused-ring (bicyclic) bond motifs is 1. The van der Waals surface area contributed by atoms with E-state index in [9.17, 15) is 13.6 Å². The second kappa shape index (κ2) is 7.33. The molecule has 0 N–H and O–H groups in total. The Kier molecular flexibility index (Phi) is 5.13. The van der Waals surface area contributed by atoms with Crippen LogP contribution in [0.4, 0.5) is 8.78 Å². The number of halogens is 2. The van der Waals surface area contributed by atoms with Crippen LogP contribution in [0.2, 0.25) is 0 Å². The van der Waals surface area contributed by atoms with Gasteiger partial charge in [-0.25, -0.2) is 8.78 Å². The SMILES string of the molecule is C=CCn1c(=NC(=O)Cc2cc(C)ccc2C)sc2cc(F)cc(F)c21. The molecular formula is C20H18F2N2OS. The summed E-state index contributed by atoms with van der Waals surface area (Å²) in [5.41, 5.74) is 3.23. The molecule has 3 rings (SSSR count). The summed E-state index contributed by atoms with van der Waals surface area (Å²) in [5, 5.41) is 0. The molecule has 3 aromatic rings. The van der Waals surface area contributed by atoms with Crippen molar-refractivity contribution in [3.8, 4) is 0 Å². The van der Waals surface area contributed by atoms with Crippen molar-refractivity contribution in [2.75, 3.05) is 0 Å². The second-order valence-corrected chi connectivity index (χ2v) is 7.14. The molecule has 0 bridgehead atoms. The van der Waals surface area contributed by atoms with E-state index in [0.29, 0.717) is 9.50 Å². The number of allylic oxidation sites excluding steroid dienone is 1. The lowest BCUT2D eigenvalue weighted by Gasteiger charge is -2.05. The summed E-state index contributed by atoms with van der Waals surface area (Å²) >= 11 is 1.09. The lowest BCUT2D eigenvalue weighted by atomic mass is 10.0. The van der Waals surface area contributed by atoms with Crippen LogP contribution in [0, 0.1) is 25.5 Å². The average Bonchev–Trinajstić information content (AvgIpc) is 2.88. The fourth-order valence-electron chi connectivity index (χ4n) is 2.81. The maximum Gasteiger partial charge on any atom is 0.252 e. The van der Waals surface area contributed by atoms with Gasteiger partial charge >= 0.3 is 0 Å². The van der Waals surface area contributed by atoms with Crippen LogP contribution in [0.3, 0.4) is 0 Å². The zero-order valence-electron chi connectivity index (χ0n) is 14.6. The molecule has 0 atom stereocenters. The van der Waals surface area contributed by atoms with Gasteiger partial charge in [-0.05, 0) is 31.0 Å². The molecule has 3 nitrogen and oxygen atoms in total. The third-order valence-corrected chi connectivity index (χ3v) is 5.10. The van der Waals surface area contributed by atoms with Gasteiger partial charge in [0.25, 0.3) is 5.91 Å². The van der Waals surface area contributed by atoms with Gasteiger partial charge in [0.15, 0.2) is 10.6 Å². The average molecular weight is 372 g/mol. The third kappa shape index (κ3) is 3.65. The van der Waals surface area contributed by atoms with Gasteiger partial charge in [-0.1, -0.05) is 41.2 Å². The van der Waals surface area contributed by atoms with Gasteiger partial charge < -0.3 is 4.57 Å². The van der Waals surface area contributed by atoms with Gasteiger partial charge in [-0.2, -0.15) is 4.99 Å². The summed E-state index contributed by atoms with van der Waals surface area (Å²) in [4.78, 5) is 17.0. The maximum atomic E-state index is 14.2. The molecule has 0 aliphatic rings. The number of thiazole rings is 1. The minimum Gasteiger partial charge on any atom is -0.310 e. The molecule has 2 aromatic carbocycles.